The van der Waals surface area contributed by atoms with Crippen LogP contribution in [0.2, 0.25) is 0 Å². The summed E-state index contributed by atoms with van der Waals surface area (Å²) in [4.78, 5) is 29.7. The minimum Gasteiger partial charge on any atom is -0.465 e. The molecule has 5 heteroatoms. The van der Waals surface area contributed by atoms with Gasteiger partial charge in [-0.05, 0) is 44.1 Å². The molecule has 1 atom stereocenters. The van der Waals surface area contributed by atoms with Gasteiger partial charge in [-0.25, -0.2) is 4.98 Å². The molecule has 1 heterocycles. The lowest BCUT2D eigenvalue weighted by atomic mass is 9.74. The molecular formula is C21H25NO3S. The third kappa shape index (κ3) is 4.58. The fourth-order valence-electron chi connectivity index (χ4n) is 3.79. The van der Waals surface area contributed by atoms with Crippen molar-refractivity contribution in [3.8, 4) is 0 Å². The van der Waals surface area contributed by atoms with Gasteiger partial charge in [0.1, 0.15) is 5.92 Å². The van der Waals surface area contributed by atoms with Gasteiger partial charge in [-0.2, -0.15) is 0 Å². The van der Waals surface area contributed by atoms with Crippen molar-refractivity contribution in [3.05, 3.63) is 52.5 Å². The molecule has 0 amide bonds. The van der Waals surface area contributed by atoms with Crippen LogP contribution in [-0.2, 0) is 20.7 Å². The van der Waals surface area contributed by atoms with Crippen LogP contribution in [-0.4, -0.2) is 23.3 Å². The quantitative estimate of drug-likeness (QED) is 0.534. The predicted molar refractivity (Wildman–Crippen MR) is 102 cm³/mol. The normalized spacial score (nSPS) is 21.1. The van der Waals surface area contributed by atoms with Gasteiger partial charge in [-0.3, -0.25) is 9.59 Å². The second-order valence-corrected chi connectivity index (χ2v) is 7.78. The standard InChI is InChI=1S/C21H25NO3S/c1-2-25-21(24)18(14-19-22-12-13-26-19)20(23)17-10-8-16(9-11-17)15-6-4-3-5-7-15/h3-7,12-13,16-18H,2,8-11,14H2,1H3/t16-,17-,18?. The van der Waals surface area contributed by atoms with Crippen molar-refractivity contribution in [3.63, 3.8) is 0 Å². The summed E-state index contributed by atoms with van der Waals surface area (Å²) < 4.78 is 5.17. The summed E-state index contributed by atoms with van der Waals surface area (Å²) >= 11 is 1.48. The molecular weight excluding hydrogens is 346 g/mol. The van der Waals surface area contributed by atoms with Gasteiger partial charge in [0.2, 0.25) is 0 Å². The Kier molecular flexibility index (Phi) is 6.56. The zero-order valence-corrected chi connectivity index (χ0v) is 15.9. The first-order valence-electron chi connectivity index (χ1n) is 9.32. The van der Waals surface area contributed by atoms with Crippen LogP contribution in [0.5, 0.6) is 0 Å². The van der Waals surface area contributed by atoms with Gasteiger partial charge < -0.3 is 4.74 Å². The number of ketones is 1. The van der Waals surface area contributed by atoms with E-state index in [0.717, 1.165) is 30.7 Å². The molecule has 1 unspecified atom stereocenters. The summed E-state index contributed by atoms with van der Waals surface area (Å²) in [5.74, 6) is -0.632. The van der Waals surface area contributed by atoms with Crippen molar-refractivity contribution in [2.45, 2.75) is 44.9 Å². The second-order valence-electron chi connectivity index (χ2n) is 6.80. The smallest absolute Gasteiger partial charge is 0.316 e. The van der Waals surface area contributed by atoms with E-state index in [1.54, 1.807) is 13.1 Å². The van der Waals surface area contributed by atoms with Crippen molar-refractivity contribution < 1.29 is 14.3 Å². The Labute approximate surface area is 158 Å². The number of nitrogens with zero attached hydrogens (tertiary/aromatic N) is 1. The summed E-state index contributed by atoms with van der Waals surface area (Å²) in [7, 11) is 0. The highest BCUT2D eigenvalue weighted by Gasteiger charge is 2.36. The molecule has 0 saturated heterocycles. The molecule has 0 aliphatic heterocycles. The molecule has 2 aromatic rings. The summed E-state index contributed by atoms with van der Waals surface area (Å²) in [5, 5.41) is 2.68. The number of rotatable bonds is 7. The molecule has 0 spiro atoms. The van der Waals surface area contributed by atoms with E-state index in [0.29, 0.717) is 18.9 Å². The minimum atomic E-state index is -0.723. The van der Waals surface area contributed by atoms with E-state index in [-0.39, 0.29) is 11.7 Å². The zero-order valence-electron chi connectivity index (χ0n) is 15.1. The highest BCUT2D eigenvalue weighted by atomic mass is 32.1. The lowest BCUT2D eigenvalue weighted by molar-refractivity contribution is -0.152. The molecule has 138 valence electrons. The summed E-state index contributed by atoms with van der Waals surface area (Å²) in [6.45, 7) is 2.06. The molecule has 1 aliphatic rings. The van der Waals surface area contributed by atoms with Crippen LogP contribution in [0.25, 0.3) is 0 Å². The third-order valence-electron chi connectivity index (χ3n) is 5.18. The molecule has 3 rings (SSSR count). The van der Waals surface area contributed by atoms with Crippen LogP contribution < -0.4 is 0 Å². The first-order chi connectivity index (χ1) is 12.7. The Balaban J connectivity index is 1.64. The third-order valence-corrected chi connectivity index (χ3v) is 5.98. The number of Topliss-reactive ketones (excluding diaryl/α,β-unsaturated/α-hetero) is 1. The van der Waals surface area contributed by atoms with Crippen LogP contribution in [0.1, 0.15) is 49.1 Å². The minimum absolute atomic E-state index is 0.0326. The van der Waals surface area contributed by atoms with E-state index in [1.165, 1.54) is 16.9 Å². The van der Waals surface area contributed by atoms with Crippen LogP contribution in [0.15, 0.2) is 41.9 Å². The van der Waals surface area contributed by atoms with E-state index in [4.69, 9.17) is 4.74 Å². The van der Waals surface area contributed by atoms with Gasteiger partial charge >= 0.3 is 5.97 Å². The van der Waals surface area contributed by atoms with Crippen LogP contribution >= 0.6 is 11.3 Å². The average molecular weight is 372 g/mol. The van der Waals surface area contributed by atoms with Crippen molar-refractivity contribution >= 4 is 23.1 Å². The largest absolute Gasteiger partial charge is 0.465 e. The number of carbonyl (C=O) groups excluding carboxylic acids is 2. The highest BCUT2D eigenvalue weighted by Crippen LogP contribution is 2.37. The molecule has 1 aliphatic carbocycles. The van der Waals surface area contributed by atoms with Gasteiger partial charge in [0, 0.05) is 23.9 Å². The maximum atomic E-state index is 13.1. The molecule has 4 nitrogen and oxygen atoms in total. The van der Waals surface area contributed by atoms with Gasteiger partial charge in [0.25, 0.3) is 0 Å². The number of esters is 1. The SMILES string of the molecule is CCOC(=O)C(Cc1nccs1)C(=O)[C@H]1CC[C@H](c2ccccc2)CC1. The number of aromatic nitrogens is 1. The van der Waals surface area contributed by atoms with E-state index < -0.39 is 11.9 Å². The number of hydrogen-bond donors (Lipinski definition) is 0. The Morgan fingerprint density at radius 1 is 1.19 bits per heavy atom. The van der Waals surface area contributed by atoms with E-state index >= 15 is 0 Å². The van der Waals surface area contributed by atoms with Crippen molar-refractivity contribution in [2.75, 3.05) is 6.61 Å². The molecule has 1 aromatic heterocycles. The van der Waals surface area contributed by atoms with Gasteiger partial charge in [0.15, 0.2) is 5.78 Å². The van der Waals surface area contributed by atoms with Gasteiger partial charge in [-0.1, -0.05) is 30.3 Å². The average Bonchev–Trinajstić information content (AvgIpc) is 3.20. The van der Waals surface area contributed by atoms with E-state index in [9.17, 15) is 9.59 Å². The van der Waals surface area contributed by atoms with Crippen LogP contribution in [0.3, 0.4) is 0 Å². The van der Waals surface area contributed by atoms with Gasteiger partial charge in [-0.15, -0.1) is 11.3 Å². The van der Waals surface area contributed by atoms with Crippen molar-refractivity contribution in [1.29, 1.82) is 0 Å². The Hall–Kier alpha value is -2.01. The lowest BCUT2D eigenvalue weighted by Gasteiger charge is -2.29. The lowest BCUT2D eigenvalue weighted by Crippen LogP contribution is -2.34. The highest BCUT2D eigenvalue weighted by molar-refractivity contribution is 7.09. The molecule has 1 fully saturated rings. The van der Waals surface area contributed by atoms with Crippen molar-refractivity contribution in [1.82, 2.24) is 4.98 Å². The Morgan fingerprint density at radius 3 is 2.54 bits per heavy atom. The fraction of sp³-hybridized carbons (Fsp3) is 0.476. The molecule has 0 N–H and O–H groups in total. The second kappa shape index (κ2) is 9.08. The summed E-state index contributed by atoms with van der Waals surface area (Å²) in [6, 6.07) is 10.5. The maximum absolute atomic E-state index is 13.1. The monoisotopic (exact) mass is 371 g/mol. The molecule has 0 bridgehead atoms. The topological polar surface area (TPSA) is 56.3 Å². The summed E-state index contributed by atoms with van der Waals surface area (Å²) in [6.07, 6.45) is 5.73. The Morgan fingerprint density at radius 2 is 1.92 bits per heavy atom. The first-order valence-corrected chi connectivity index (χ1v) is 10.2. The van der Waals surface area contributed by atoms with Gasteiger partial charge in [0.05, 0.1) is 11.6 Å². The first kappa shape index (κ1) is 18.8. The number of hydrogen-bond acceptors (Lipinski definition) is 5. The summed E-state index contributed by atoms with van der Waals surface area (Å²) in [5.41, 5.74) is 1.35. The van der Waals surface area contributed by atoms with Crippen LogP contribution in [0.4, 0.5) is 0 Å². The maximum Gasteiger partial charge on any atom is 0.316 e. The Bertz CT molecular complexity index is 706. The number of ether oxygens (including phenoxy) is 1. The molecule has 26 heavy (non-hydrogen) atoms. The van der Waals surface area contributed by atoms with Crippen molar-refractivity contribution in [2.24, 2.45) is 11.8 Å². The van der Waals surface area contributed by atoms with E-state index in [2.05, 4.69) is 29.2 Å². The molecule has 1 aromatic carbocycles. The number of thiazole rings is 1. The molecule has 0 radical (unpaired) electrons. The fourth-order valence-corrected chi connectivity index (χ4v) is 4.46. The van der Waals surface area contributed by atoms with E-state index in [1.807, 2.05) is 11.4 Å². The van der Waals surface area contributed by atoms with Crippen LogP contribution in [0, 0.1) is 11.8 Å². The number of carbonyl (C=O) groups is 2. The molecule has 1 saturated carbocycles. The predicted octanol–water partition coefficient (Wildman–Crippen LogP) is 4.41. The zero-order chi connectivity index (χ0) is 18.4. The number of benzene rings is 1.